The average Bonchev–Trinajstić information content (AvgIpc) is 1.72. The van der Waals surface area contributed by atoms with Crippen molar-refractivity contribution in [1.82, 2.24) is 5.32 Å². The van der Waals surface area contributed by atoms with Gasteiger partial charge in [-0.2, -0.15) is 0 Å². The quantitative estimate of drug-likeness (QED) is 0.0215. The zero-order valence-corrected chi connectivity index (χ0v) is 58.4. The normalized spacial score (nSPS) is 18.7. The van der Waals surface area contributed by atoms with Crippen molar-refractivity contribution in [2.45, 2.75) is 441 Å². The van der Waals surface area contributed by atoms with Gasteiger partial charge in [-0.05, 0) is 77.0 Å². The van der Waals surface area contributed by atoms with Gasteiger partial charge in [-0.15, -0.1) is 0 Å². The Kier molecular flexibility index (Phi) is 63.6. The number of amides is 1. The third-order valence-corrected chi connectivity index (χ3v) is 18.9. The number of rotatable bonds is 69. The molecular formula is C78H149NO10. The first-order chi connectivity index (χ1) is 43.7. The lowest BCUT2D eigenvalue weighted by molar-refractivity contribution is -0.303. The molecule has 1 amide bonds. The minimum atomic E-state index is -1.67. The molecule has 1 aliphatic rings. The predicted octanol–water partition coefficient (Wildman–Crippen LogP) is 19.7. The highest BCUT2D eigenvalue weighted by Crippen LogP contribution is 2.24. The van der Waals surface area contributed by atoms with E-state index < -0.39 is 74.2 Å². The zero-order chi connectivity index (χ0) is 64.6. The smallest absolute Gasteiger partial charge is 0.249 e. The molecule has 0 spiro atoms. The predicted molar refractivity (Wildman–Crippen MR) is 376 cm³/mol. The van der Waals surface area contributed by atoms with Crippen molar-refractivity contribution < 1.29 is 50.0 Å². The van der Waals surface area contributed by atoms with E-state index in [2.05, 4.69) is 55.6 Å². The van der Waals surface area contributed by atoms with E-state index >= 15 is 0 Å². The van der Waals surface area contributed by atoms with Gasteiger partial charge in [0.2, 0.25) is 5.91 Å². The Morgan fingerprint density at radius 1 is 0.382 bits per heavy atom. The molecule has 9 atom stereocenters. The zero-order valence-electron chi connectivity index (χ0n) is 58.4. The number of carbonyl (C=O) groups is 1. The Bertz CT molecular complexity index is 1540. The van der Waals surface area contributed by atoms with Crippen LogP contribution in [0.15, 0.2) is 36.5 Å². The molecule has 0 aliphatic carbocycles. The van der Waals surface area contributed by atoms with Crippen LogP contribution in [0.5, 0.6) is 0 Å². The first kappa shape index (κ1) is 85.3. The SMILES string of the molecule is CCCCCCCCCCCCCCCC/C=C\CCCCCCCCCCCCCCCCCCC(O)C(=O)NC(COC1OC(CO)C(O)C(O)C1O)C(O)C(O)CCC/C=C/CC/C=C/CCCCCCCCCCCCCCCCCCCCC. The third-order valence-electron chi connectivity index (χ3n) is 18.9. The molecule has 526 valence electrons. The van der Waals surface area contributed by atoms with Gasteiger partial charge in [-0.1, -0.05) is 346 Å². The van der Waals surface area contributed by atoms with E-state index in [1.165, 1.54) is 302 Å². The maximum Gasteiger partial charge on any atom is 0.249 e. The molecular weight excluding hydrogens is 1110 g/mol. The van der Waals surface area contributed by atoms with Crippen LogP contribution in [0.3, 0.4) is 0 Å². The highest BCUT2D eigenvalue weighted by Gasteiger charge is 2.44. The molecule has 89 heavy (non-hydrogen) atoms. The second-order valence-electron chi connectivity index (χ2n) is 27.4. The van der Waals surface area contributed by atoms with Crippen LogP contribution >= 0.6 is 0 Å². The minimum Gasteiger partial charge on any atom is -0.394 e. The van der Waals surface area contributed by atoms with Crippen LogP contribution in [0.4, 0.5) is 0 Å². The summed E-state index contributed by atoms with van der Waals surface area (Å²) in [5.74, 6) is -0.704. The minimum absolute atomic E-state index is 0.248. The van der Waals surface area contributed by atoms with E-state index in [1.54, 1.807) is 0 Å². The van der Waals surface area contributed by atoms with Crippen molar-refractivity contribution in [3.8, 4) is 0 Å². The van der Waals surface area contributed by atoms with Gasteiger partial charge in [0.15, 0.2) is 6.29 Å². The molecule has 0 radical (unpaired) electrons. The molecule has 9 unspecified atom stereocenters. The number of ether oxygens (including phenoxy) is 2. The molecule has 0 aromatic carbocycles. The Morgan fingerprint density at radius 2 is 0.674 bits per heavy atom. The molecule has 1 fully saturated rings. The van der Waals surface area contributed by atoms with Gasteiger partial charge in [0.25, 0.3) is 0 Å². The summed E-state index contributed by atoms with van der Waals surface area (Å²) in [5.41, 5.74) is 0. The molecule has 0 bridgehead atoms. The monoisotopic (exact) mass is 1260 g/mol. The number of hydrogen-bond acceptors (Lipinski definition) is 10. The van der Waals surface area contributed by atoms with E-state index in [0.717, 1.165) is 38.5 Å². The lowest BCUT2D eigenvalue weighted by Gasteiger charge is -2.40. The number of aliphatic hydroxyl groups excluding tert-OH is 7. The molecule has 0 aromatic heterocycles. The molecule has 1 rings (SSSR count). The standard InChI is InChI=1S/C78H149NO10/c1-3-5-7-9-11-13-15-17-19-21-23-25-27-29-31-33-34-35-36-37-38-40-42-44-46-48-50-52-54-56-58-60-62-64-66-71(82)77(87)79-69(68-88-78-76(86)75(85)74(84)72(67-80)89-78)73(83)70(81)65-63-61-59-57-55-53-51-49-47-45-43-41-39-32-30-28-26-24-22-20-18-16-14-12-10-8-6-4-2/h33-34,49,51,57,59,69-76,78,80-86H,3-32,35-48,50,52-56,58,60-68H2,1-2H3,(H,79,87)/b34-33-,51-49+,59-57+. The highest BCUT2D eigenvalue weighted by molar-refractivity contribution is 5.80. The summed E-state index contributed by atoms with van der Waals surface area (Å²) in [6, 6.07) is -1.19. The molecule has 1 heterocycles. The van der Waals surface area contributed by atoms with E-state index in [-0.39, 0.29) is 12.8 Å². The van der Waals surface area contributed by atoms with Gasteiger partial charge >= 0.3 is 0 Å². The fraction of sp³-hybridized carbons (Fsp3) is 0.910. The Morgan fingerprint density at radius 3 is 1.00 bits per heavy atom. The van der Waals surface area contributed by atoms with E-state index in [9.17, 15) is 40.5 Å². The number of allylic oxidation sites excluding steroid dienone is 6. The second-order valence-corrected chi connectivity index (χ2v) is 27.4. The average molecular weight is 1260 g/mol. The Hall–Kier alpha value is -1.67. The van der Waals surface area contributed by atoms with Crippen molar-refractivity contribution in [1.29, 1.82) is 0 Å². The van der Waals surface area contributed by atoms with Gasteiger partial charge in [0.1, 0.15) is 36.6 Å². The van der Waals surface area contributed by atoms with Crippen molar-refractivity contribution >= 4 is 5.91 Å². The fourth-order valence-corrected chi connectivity index (χ4v) is 12.7. The fourth-order valence-electron chi connectivity index (χ4n) is 12.7. The lowest BCUT2D eigenvalue weighted by atomic mass is 9.98. The second kappa shape index (κ2) is 66.4. The first-order valence-corrected chi connectivity index (χ1v) is 38.9. The summed E-state index contributed by atoms with van der Waals surface area (Å²) in [5, 5.41) is 76.6. The number of carbonyl (C=O) groups excluding carboxylic acids is 1. The van der Waals surface area contributed by atoms with Crippen LogP contribution in [-0.2, 0) is 14.3 Å². The first-order valence-electron chi connectivity index (χ1n) is 38.9. The van der Waals surface area contributed by atoms with Crippen LogP contribution in [-0.4, -0.2) is 110 Å². The van der Waals surface area contributed by atoms with Crippen LogP contribution in [0.2, 0.25) is 0 Å². The molecule has 11 heteroatoms. The van der Waals surface area contributed by atoms with Gasteiger partial charge in [0, 0.05) is 0 Å². The summed E-state index contributed by atoms with van der Waals surface area (Å²) in [6.07, 6.45) is 75.5. The lowest BCUT2D eigenvalue weighted by Crippen LogP contribution is -2.60. The molecule has 1 saturated heterocycles. The van der Waals surface area contributed by atoms with Gasteiger partial charge < -0.3 is 50.5 Å². The summed E-state index contributed by atoms with van der Waals surface area (Å²) < 4.78 is 11.2. The summed E-state index contributed by atoms with van der Waals surface area (Å²) in [4.78, 5) is 13.3. The van der Waals surface area contributed by atoms with E-state index in [4.69, 9.17) is 9.47 Å². The van der Waals surface area contributed by atoms with E-state index in [1.807, 2.05) is 0 Å². The van der Waals surface area contributed by atoms with Crippen LogP contribution in [0.1, 0.15) is 386 Å². The Balaban J connectivity index is 2.17. The number of unbranched alkanes of at least 4 members (excludes halogenated alkanes) is 51. The number of hydrogen-bond donors (Lipinski definition) is 8. The molecule has 8 N–H and O–H groups in total. The largest absolute Gasteiger partial charge is 0.394 e. The molecule has 1 aliphatic heterocycles. The van der Waals surface area contributed by atoms with Gasteiger partial charge in [-0.3, -0.25) is 4.79 Å². The molecule has 0 saturated carbocycles. The van der Waals surface area contributed by atoms with Crippen molar-refractivity contribution in [2.75, 3.05) is 13.2 Å². The summed E-state index contributed by atoms with van der Waals surface area (Å²) >= 11 is 0. The number of nitrogens with one attached hydrogen (secondary N) is 1. The maximum absolute atomic E-state index is 13.3. The van der Waals surface area contributed by atoms with Gasteiger partial charge in [-0.25, -0.2) is 0 Å². The topological polar surface area (TPSA) is 189 Å². The molecule has 0 aromatic rings. The number of aliphatic hydroxyl groups is 7. The van der Waals surface area contributed by atoms with Crippen molar-refractivity contribution in [3.05, 3.63) is 36.5 Å². The van der Waals surface area contributed by atoms with Gasteiger partial charge in [0.05, 0.1) is 25.4 Å². The molecule has 11 nitrogen and oxygen atoms in total. The van der Waals surface area contributed by atoms with E-state index in [0.29, 0.717) is 19.3 Å². The van der Waals surface area contributed by atoms with Crippen LogP contribution in [0, 0.1) is 0 Å². The summed E-state index contributed by atoms with van der Waals surface area (Å²) in [6.45, 7) is 3.50. The van der Waals surface area contributed by atoms with Crippen molar-refractivity contribution in [2.24, 2.45) is 0 Å². The Labute approximate surface area is 549 Å². The van der Waals surface area contributed by atoms with Crippen molar-refractivity contribution in [3.63, 3.8) is 0 Å². The third kappa shape index (κ3) is 53.3. The summed E-state index contributed by atoms with van der Waals surface area (Å²) in [7, 11) is 0. The highest BCUT2D eigenvalue weighted by atomic mass is 16.7. The maximum atomic E-state index is 13.3. The van der Waals surface area contributed by atoms with Crippen LogP contribution in [0.25, 0.3) is 0 Å². The van der Waals surface area contributed by atoms with Crippen LogP contribution < -0.4 is 5.32 Å².